The highest BCUT2D eigenvalue weighted by Crippen LogP contribution is 2.43. The third kappa shape index (κ3) is 4.29. The monoisotopic (exact) mass is 491 g/mol. The Morgan fingerprint density at radius 3 is 2.33 bits per heavy atom. The number of hydrogen-bond donors (Lipinski definition) is 2. The van der Waals surface area contributed by atoms with Gasteiger partial charge < -0.3 is 15.6 Å². The molecule has 3 rings (SSSR count). The summed E-state index contributed by atoms with van der Waals surface area (Å²) in [5, 5.41) is 9.56. The summed E-state index contributed by atoms with van der Waals surface area (Å²) in [4.78, 5) is 11.6. The Hall–Kier alpha value is -3.06. The minimum absolute atomic E-state index is 0.00397. The summed E-state index contributed by atoms with van der Waals surface area (Å²) in [5.41, 5.74) is 2.27. The Bertz CT molecular complexity index is 1150. The number of nitrogens with two attached hydrogens (primary N) is 1. The summed E-state index contributed by atoms with van der Waals surface area (Å²) < 4.78 is 87.3. The molecule has 1 amide bonds. The molecule has 3 N–H and O–H groups in total. The van der Waals surface area contributed by atoms with E-state index in [0.717, 1.165) is 40.7 Å². The van der Waals surface area contributed by atoms with Crippen LogP contribution in [0.2, 0.25) is 0 Å². The number of rotatable bonds is 5. The maximum absolute atomic E-state index is 13.6. The first-order valence-corrected chi connectivity index (χ1v) is 11.0. The van der Waals surface area contributed by atoms with E-state index < -0.39 is 45.4 Å². The third-order valence-corrected chi connectivity index (χ3v) is 7.17. The molecule has 0 saturated carbocycles. The Kier molecular flexibility index (Phi) is 6.24. The summed E-state index contributed by atoms with van der Waals surface area (Å²) in [7, 11) is -4.36. The van der Waals surface area contributed by atoms with Crippen molar-refractivity contribution < 1.29 is 40.6 Å². The van der Waals surface area contributed by atoms with Crippen LogP contribution < -0.4 is 19.7 Å². The summed E-state index contributed by atoms with van der Waals surface area (Å²) >= 11 is 0. The molecule has 0 aliphatic carbocycles. The van der Waals surface area contributed by atoms with Gasteiger partial charge in [0.15, 0.2) is 0 Å². The van der Waals surface area contributed by atoms with Crippen LogP contribution in [0.1, 0.15) is 13.8 Å². The molecular formula is C20H21F4N3O5S. The molecule has 2 aromatic carbocycles. The maximum Gasteiger partial charge on any atom is 0.412 e. The summed E-state index contributed by atoms with van der Waals surface area (Å²) in [6, 6.07) is 6.27. The van der Waals surface area contributed by atoms with Gasteiger partial charge >= 0.3 is 12.3 Å². The number of amides is 1. The molecule has 2 aromatic rings. The number of carbonyl (C=O) groups is 1. The van der Waals surface area contributed by atoms with Gasteiger partial charge in [-0.2, -0.15) is 13.2 Å². The van der Waals surface area contributed by atoms with Gasteiger partial charge in [-0.15, -0.1) is 0 Å². The molecule has 1 aliphatic rings. The molecule has 1 aliphatic heterocycles. The molecule has 0 bridgehead atoms. The number of ether oxygens (including phenoxy) is 1. The second-order valence-electron chi connectivity index (χ2n) is 7.78. The van der Waals surface area contributed by atoms with E-state index in [0.29, 0.717) is 13.8 Å². The average Bonchev–Trinajstić information content (AvgIpc) is 2.71. The zero-order valence-electron chi connectivity index (χ0n) is 17.5. The largest absolute Gasteiger partial charge is 0.489 e. The third-order valence-electron chi connectivity index (χ3n) is 5.29. The molecule has 33 heavy (non-hydrogen) atoms. The summed E-state index contributed by atoms with van der Waals surface area (Å²) in [6.07, 6.45) is -6.82. The molecule has 13 heteroatoms. The molecule has 0 saturated heterocycles. The fraction of sp³-hybridized carbons (Fsp3) is 0.350. The van der Waals surface area contributed by atoms with Gasteiger partial charge in [0.05, 0.1) is 22.3 Å². The lowest BCUT2D eigenvalue weighted by molar-refractivity contribution is -0.175. The predicted molar refractivity (Wildman–Crippen MR) is 111 cm³/mol. The topological polar surface area (TPSA) is 113 Å². The first kappa shape index (κ1) is 24.6. The van der Waals surface area contributed by atoms with Crippen molar-refractivity contribution in [2.24, 2.45) is 5.73 Å². The Labute approximate surface area is 187 Å². The number of nitrogens with zero attached hydrogens (tertiary/aromatic N) is 2. The number of carboxylic acid groups (broad SMARTS) is 1. The lowest BCUT2D eigenvalue weighted by Gasteiger charge is -2.40. The molecule has 0 spiro atoms. The van der Waals surface area contributed by atoms with E-state index >= 15 is 0 Å². The molecule has 1 heterocycles. The van der Waals surface area contributed by atoms with E-state index in [2.05, 4.69) is 0 Å². The van der Waals surface area contributed by atoms with Crippen molar-refractivity contribution in [2.45, 2.75) is 36.5 Å². The van der Waals surface area contributed by atoms with Crippen molar-refractivity contribution in [2.75, 3.05) is 22.4 Å². The minimum atomic E-state index is -4.93. The highest BCUT2D eigenvalue weighted by atomic mass is 32.2. The van der Waals surface area contributed by atoms with Crippen LogP contribution in [0.5, 0.6) is 5.75 Å². The van der Waals surface area contributed by atoms with Crippen LogP contribution in [0.3, 0.4) is 0 Å². The Morgan fingerprint density at radius 1 is 1.21 bits per heavy atom. The van der Waals surface area contributed by atoms with Gasteiger partial charge in [-0.25, -0.2) is 17.6 Å². The number of halogens is 4. The number of sulfonamides is 1. The molecule has 180 valence electrons. The highest BCUT2D eigenvalue weighted by molar-refractivity contribution is 7.92. The smallest absolute Gasteiger partial charge is 0.412 e. The van der Waals surface area contributed by atoms with E-state index in [-0.39, 0.29) is 34.4 Å². The van der Waals surface area contributed by atoms with Crippen molar-refractivity contribution in [1.82, 2.24) is 0 Å². The molecule has 8 nitrogen and oxygen atoms in total. The van der Waals surface area contributed by atoms with Crippen LogP contribution in [0.15, 0.2) is 47.4 Å². The SMILES string of the molecule is CC(C)(N(C(=O)O)c1ccc2c(c1)N(S(=O)(=O)c1ccc(F)cc1)[C@@H](CN)CO2)C(F)(F)F. The van der Waals surface area contributed by atoms with Gasteiger partial charge in [0.2, 0.25) is 0 Å². The number of hydrogen-bond acceptors (Lipinski definition) is 5. The van der Waals surface area contributed by atoms with E-state index in [4.69, 9.17) is 10.5 Å². The Morgan fingerprint density at radius 2 is 1.82 bits per heavy atom. The van der Waals surface area contributed by atoms with Crippen molar-refractivity contribution >= 4 is 27.5 Å². The first-order valence-electron chi connectivity index (χ1n) is 9.58. The summed E-state index contributed by atoms with van der Waals surface area (Å²) in [5.74, 6) is -0.662. The number of fused-ring (bicyclic) bond motifs is 1. The molecule has 0 unspecified atom stereocenters. The fourth-order valence-corrected chi connectivity index (χ4v) is 5.05. The first-order chi connectivity index (χ1) is 15.2. The van der Waals surface area contributed by atoms with Crippen molar-refractivity contribution in [1.29, 1.82) is 0 Å². The lowest BCUT2D eigenvalue weighted by Crippen LogP contribution is -2.57. The van der Waals surface area contributed by atoms with Crippen LogP contribution in [-0.4, -0.2) is 50.5 Å². The molecule has 1 atom stereocenters. The van der Waals surface area contributed by atoms with Crippen molar-refractivity contribution in [3.8, 4) is 5.75 Å². The lowest BCUT2D eigenvalue weighted by atomic mass is 10.0. The zero-order valence-corrected chi connectivity index (χ0v) is 18.3. The van der Waals surface area contributed by atoms with Crippen LogP contribution in [0.25, 0.3) is 0 Å². The average molecular weight is 491 g/mol. The minimum Gasteiger partial charge on any atom is -0.489 e. The number of anilines is 2. The van der Waals surface area contributed by atoms with E-state index in [1.165, 1.54) is 6.07 Å². The molecule has 0 radical (unpaired) electrons. The van der Waals surface area contributed by atoms with Crippen molar-refractivity contribution in [3.63, 3.8) is 0 Å². The second kappa shape index (κ2) is 8.37. The quantitative estimate of drug-likeness (QED) is 0.619. The van der Waals surface area contributed by atoms with Gasteiger partial charge in [-0.3, -0.25) is 9.21 Å². The van der Waals surface area contributed by atoms with Gasteiger partial charge in [0.1, 0.15) is 23.7 Å². The van der Waals surface area contributed by atoms with E-state index in [1.54, 1.807) is 0 Å². The molecule has 0 fully saturated rings. The number of alkyl halides is 3. The zero-order chi connectivity index (χ0) is 24.8. The molecule has 0 aromatic heterocycles. The van der Waals surface area contributed by atoms with E-state index in [1.807, 2.05) is 0 Å². The molecular weight excluding hydrogens is 470 g/mol. The second-order valence-corrected chi connectivity index (χ2v) is 9.60. The van der Waals surface area contributed by atoms with E-state index in [9.17, 15) is 35.9 Å². The predicted octanol–water partition coefficient (Wildman–Crippen LogP) is 3.57. The van der Waals surface area contributed by atoms with Crippen LogP contribution in [-0.2, 0) is 10.0 Å². The van der Waals surface area contributed by atoms with Crippen LogP contribution in [0.4, 0.5) is 33.7 Å². The van der Waals surface area contributed by atoms with Gasteiger partial charge in [0, 0.05) is 6.54 Å². The highest BCUT2D eigenvalue weighted by Gasteiger charge is 2.54. The standard InChI is InChI=1S/C20H21F4N3O5S/c1-19(2,20(22,23)24)26(18(28)29)13-5-8-17-16(9-13)27(14(10-25)11-32-17)33(30,31)15-6-3-12(21)4-7-15/h3-9,14H,10-11,25H2,1-2H3,(H,28,29)/t14-/m0/s1. The number of benzene rings is 2. The van der Waals surface area contributed by atoms with Crippen LogP contribution in [0, 0.1) is 5.82 Å². The maximum atomic E-state index is 13.6. The Balaban J connectivity index is 2.20. The van der Waals surface area contributed by atoms with Gasteiger partial charge in [-0.1, -0.05) is 0 Å². The fourth-order valence-electron chi connectivity index (χ4n) is 3.40. The van der Waals surface area contributed by atoms with Crippen molar-refractivity contribution in [3.05, 3.63) is 48.3 Å². The van der Waals surface area contributed by atoms with Gasteiger partial charge in [0.25, 0.3) is 10.0 Å². The summed E-state index contributed by atoms with van der Waals surface area (Å²) in [6.45, 7) is 1.01. The van der Waals surface area contributed by atoms with Gasteiger partial charge in [-0.05, 0) is 56.3 Å². The normalized spacial score (nSPS) is 16.7. The van der Waals surface area contributed by atoms with Crippen LogP contribution >= 0.6 is 0 Å².